The smallest absolute Gasteiger partial charge is 0.459 e. The van der Waals surface area contributed by atoms with Gasteiger partial charge in [-0.2, -0.15) is 10.4 Å². The van der Waals surface area contributed by atoms with Gasteiger partial charge < -0.3 is 29.2 Å². The molecule has 4 atom stereocenters. The van der Waals surface area contributed by atoms with E-state index in [1.165, 1.54) is 35.3 Å². The van der Waals surface area contributed by atoms with E-state index in [1.807, 2.05) is 0 Å². The zero-order valence-electron chi connectivity index (χ0n) is 24.6. The third-order valence-corrected chi connectivity index (χ3v) is 8.25. The summed E-state index contributed by atoms with van der Waals surface area (Å²) in [5, 5.41) is 16.1. The topological polar surface area (TPSA) is 216 Å². The maximum absolute atomic E-state index is 13.9. The highest BCUT2D eigenvalue weighted by Crippen LogP contribution is 2.45. The van der Waals surface area contributed by atoms with E-state index in [9.17, 15) is 24.2 Å². The number of carbonyl (C=O) groups is 3. The lowest BCUT2D eigenvalue weighted by molar-refractivity contribution is -0.177. The number of rotatable bonds is 16. The predicted molar refractivity (Wildman–Crippen MR) is 155 cm³/mol. The summed E-state index contributed by atoms with van der Waals surface area (Å²) in [6, 6.07) is 11.1. The van der Waals surface area contributed by atoms with Gasteiger partial charge in [-0.3, -0.25) is 18.9 Å². The Labute approximate surface area is 258 Å². The molecule has 0 aliphatic heterocycles. The van der Waals surface area contributed by atoms with E-state index >= 15 is 0 Å². The van der Waals surface area contributed by atoms with Gasteiger partial charge in [0.2, 0.25) is 0 Å². The Balaban J connectivity index is 1.60. The molecule has 1 unspecified atom stereocenters. The quantitative estimate of drug-likeness (QED) is 0.0992. The predicted octanol–water partition coefficient (Wildman–Crippen LogP) is 2.85. The number of ether oxygens (including phenoxy) is 4. The zero-order valence-corrected chi connectivity index (χ0v) is 25.5. The summed E-state index contributed by atoms with van der Waals surface area (Å²) in [5.41, 5.74) is 6.49. The highest BCUT2D eigenvalue weighted by molar-refractivity contribution is 7.52. The number of anilines is 1. The molecule has 17 heteroatoms. The van der Waals surface area contributed by atoms with Crippen LogP contribution in [0.25, 0.3) is 5.52 Å². The lowest BCUT2D eigenvalue weighted by Crippen LogP contribution is -2.42. The van der Waals surface area contributed by atoms with Gasteiger partial charge in [-0.15, -0.1) is 0 Å². The van der Waals surface area contributed by atoms with Crippen molar-refractivity contribution in [2.45, 2.75) is 51.4 Å². The molecule has 240 valence electrons. The third-order valence-electron chi connectivity index (χ3n) is 6.77. The molecule has 2 heterocycles. The van der Waals surface area contributed by atoms with Crippen molar-refractivity contribution >= 4 is 37.0 Å². The van der Waals surface area contributed by atoms with E-state index in [-0.39, 0.29) is 23.9 Å². The summed E-state index contributed by atoms with van der Waals surface area (Å²) in [4.78, 5) is 40.8. The summed E-state index contributed by atoms with van der Waals surface area (Å²) < 4.78 is 48.0. The second-order valence-corrected chi connectivity index (χ2v) is 11.8. The second kappa shape index (κ2) is 15.3. The van der Waals surface area contributed by atoms with Crippen molar-refractivity contribution in [2.24, 2.45) is 5.92 Å². The average Bonchev–Trinajstić information content (AvgIpc) is 3.41. The number of nitrogen functional groups attached to an aromatic ring is 1. The molecule has 0 spiro atoms. The lowest BCUT2D eigenvalue weighted by Gasteiger charge is -2.31. The third kappa shape index (κ3) is 9.15. The van der Waals surface area contributed by atoms with E-state index in [0.717, 1.165) is 33.1 Å². The van der Waals surface area contributed by atoms with E-state index in [1.54, 1.807) is 24.3 Å². The van der Waals surface area contributed by atoms with Crippen LogP contribution in [-0.4, -0.2) is 64.5 Å². The Hall–Kier alpha value is -4.71. The number of carbonyl (C=O) groups excluding carboxylic acids is 3. The number of nitriles is 1. The molecule has 1 fully saturated rings. The van der Waals surface area contributed by atoms with E-state index in [0.29, 0.717) is 11.4 Å². The van der Waals surface area contributed by atoms with Crippen molar-refractivity contribution in [3.63, 3.8) is 0 Å². The molecule has 1 aliphatic rings. The van der Waals surface area contributed by atoms with Crippen LogP contribution in [0.15, 0.2) is 48.8 Å². The zero-order chi connectivity index (χ0) is 32.4. The largest absolute Gasteiger partial charge is 0.464 e. The molecule has 0 amide bonds. The van der Waals surface area contributed by atoms with Crippen molar-refractivity contribution in [1.82, 2.24) is 19.7 Å². The van der Waals surface area contributed by atoms with Crippen molar-refractivity contribution in [3.8, 4) is 12.0 Å². The van der Waals surface area contributed by atoms with Gasteiger partial charge in [0, 0.05) is 13.8 Å². The number of hydrogen-bond acceptors (Lipinski definition) is 14. The van der Waals surface area contributed by atoms with Gasteiger partial charge in [0.1, 0.15) is 30.7 Å². The Bertz CT molecular complexity index is 1570. The van der Waals surface area contributed by atoms with Crippen molar-refractivity contribution in [1.29, 1.82) is 5.26 Å². The Morgan fingerprint density at radius 1 is 1.13 bits per heavy atom. The monoisotopic (exact) mass is 644 g/mol. The molecule has 3 N–H and O–H groups in total. The molecule has 2 aromatic heterocycles. The molecule has 1 aromatic carbocycles. The second-order valence-electron chi connectivity index (χ2n) is 10.1. The van der Waals surface area contributed by atoms with Crippen LogP contribution in [0.1, 0.15) is 44.9 Å². The molecule has 1 aliphatic carbocycles. The number of hydrogen-bond donors (Lipinski definition) is 2. The van der Waals surface area contributed by atoms with E-state index in [4.69, 9.17) is 33.7 Å². The molecule has 0 saturated heterocycles. The van der Waals surface area contributed by atoms with Crippen molar-refractivity contribution in [2.75, 3.05) is 25.5 Å². The van der Waals surface area contributed by atoms with Crippen LogP contribution >= 0.6 is 7.75 Å². The first-order chi connectivity index (χ1) is 21.6. The summed E-state index contributed by atoms with van der Waals surface area (Å²) in [6.07, 6.45) is 1.21. The van der Waals surface area contributed by atoms with Crippen molar-refractivity contribution < 1.29 is 46.9 Å². The minimum absolute atomic E-state index is 0.117. The maximum Gasteiger partial charge on any atom is 0.459 e. The molecule has 16 nitrogen and oxygen atoms in total. The molecule has 4 rings (SSSR count). The van der Waals surface area contributed by atoms with Crippen LogP contribution in [-0.2, 0) is 42.4 Å². The van der Waals surface area contributed by atoms with Gasteiger partial charge in [0.25, 0.3) is 6.26 Å². The van der Waals surface area contributed by atoms with Gasteiger partial charge in [0.05, 0.1) is 12.3 Å². The summed E-state index contributed by atoms with van der Waals surface area (Å²) in [5.74, 6) is -1.72. The number of fused-ring (bicyclic) bond motifs is 1. The molecule has 3 aromatic rings. The van der Waals surface area contributed by atoms with Crippen LogP contribution in [0.5, 0.6) is 5.75 Å². The normalized spacial score (nSPS) is 16.2. The standard InChI is InChI=1S/C28H33N6O10P/c1-18(35)42-26(22-11-12-23-28(30)31-17-32-34(22)23)27(43-19(2)36)24(40-16-29)15-41-45(38,44-21-9-4-3-5-10-21)33-13-25(37)39-14-20-7-6-8-20/h3-5,9-12,17,20,24,26-27H,6-8,13-15H2,1-2H3,(H,33,38)(H2,30,31,32)/t24-,26+,27-,45?/m1/s1. The molecule has 1 saturated carbocycles. The highest BCUT2D eigenvalue weighted by atomic mass is 31.2. The molecule has 45 heavy (non-hydrogen) atoms. The molecular formula is C28H33N6O10P. The van der Waals surface area contributed by atoms with Gasteiger partial charge in [-0.05, 0) is 43.0 Å². The first kappa shape index (κ1) is 33.2. The summed E-state index contributed by atoms with van der Waals surface area (Å²) in [6.45, 7) is 1.23. The van der Waals surface area contributed by atoms with Gasteiger partial charge in [-0.1, -0.05) is 24.6 Å². The minimum Gasteiger partial charge on any atom is -0.464 e. The van der Waals surface area contributed by atoms with E-state index in [2.05, 4.69) is 15.2 Å². The minimum atomic E-state index is -4.38. The number of nitrogens with zero attached hydrogens (tertiary/aromatic N) is 4. The Morgan fingerprint density at radius 2 is 1.87 bits per heavy atom. The number of nitrogens with two attached hydrogens (primary N) is 1. The number of esters is 3. The van der Waals surface area contributed by atoms with Crippen LogP contribution in [0.3, 0.4) is 0 Å². The fourth-order valence-corrected chi connectivity index (χ4v) is 5.70. The molecule has 0 bridgehead atoms. The summed E-state index contributed by atoms with van der Waals surface area (Å²) >= 11 is 0. The number of nitrogens with one attached hydrogen (secondary N) is 1. The Morgan fingerprint density at radius 3 is 2.51 bits per heavy atom. The first-order valence-electron chi connectivity index (χ1n) is 14.0. The first-order valence-corrected chi connectivity index (χ1v) is 15.5. The fraction of sp³-hybridized carbons (Fsp3) is 0.429. The number of para-hydroxylation sites is 1. The highest BCUT2D eigenvalue weighted by Gasteiger charge is 2.42. The van der Waals surface area contributed by atoms with Crippen molar-refractivity contribution in [3.05, 3.63) is 54.5 Å². The van der Waals surface area contributed by atoms with Gasteiger partial charge in [-0.25, -0.2) is 19.2 Å². The Kier molecular flexibility index (Phi) is 11.3. The molecule has 0 radical (unpaired) electrons. The maximum atomic E-state index is 13.9. The number of aromatic nitrogens is 3. The van der Waals surface area contributed by atoms with E-state index < -0.39 is 57.1 Å². The van der Waals surface area contributed by atoms with Gasteiger partial charge >= 0.3 is 25.7 Å². The van der Waals surface area contributed by atoms with Gasteiger partial charge in [0.15, 0.2) is 24.1 Å². The number of benzene rings is 1. The van der Waals surface area contributed by atoms with Crippen LogP contribution in [0, 0.1) is 17.4 Å². The summed E-state index contributed by atoms with van der Waals surface area (Å²) in [7, 11) is -4.38. The van der Waals surface area contributed by atoms with Crippen LogP contribution < -0.4 is 15.3 Å². The van der Waals surface area contributed by atoms with Crippen LogP contribution in [0.4, 0.5) is 5.82 Å². The fourth-order valence-electron chi connectivity index (χ4n) is 4.43. The lowest BCUT2D eigenvalue weighted by atomic mass is 9.86. The van der Waals surface area contributed by atoms with Crippen LogP contribution in [0.2, 0.25) is 0 Å². The average molecular weight is 645 g/mol. The SMILES string of the molecule is CC(=O)O[C@H]([C@@H](COP(=O)(NCC(=O)OCC1CCC1)Oc1ccccc1)OC#N)[C@@H](OC(C)=O)c1ccc2c(N)ncnn12. The molecular weight excluding hydrogens is 611 g/mol.